The zero-order chi connectivity index (χ0) is 18.0. The molecule has 0 bridgehead atoms. The molecule has 0 unspecified atom stereocenters. The summed E-state index contributed by atoms with van der Waals surface area (Å²) >= 11 is 6.85. The molecule has 0 aliphatic carbocycles. The van der Waals surface area contributed by atoms with Gasteiger partial charge in [0.15, 0.2) is 0 Å². The number of ether oxygens (including phenoxy) is 1. The molecule has 0 saturated heterocycles. The van der Waals surface area contributed by atoms with Crippen molar-refractivity contribution in [3.05, 3.63) is 40.9 Å². The summed E-state index contributed by atoms with van der Waals surface area (Å²) in [5.74, 6) is 0.0197. The van der Waals surface area contributed by atoms with Gasteiger partial charge in [-0.3, -0.25) is 15.1 Å². The molecule has 0 aliphatic heterocycles. The van der Waals surface area contributed by atoms with Crippen molar-refractivity contribution in [2.45, 2.75) is 6.92 Å². The average molecular weight is 378 g/mol. The summed E-state index contributed by atoms with van der Waals surface area (Å²) in [7, 11) is 1.51. The molecule has 0 saturated carbocycles. The fourth-order valence-corrected chi connectivity index (χ4v) is 2.82. The maximum absolute atomic E-state index is 12.6. The molecule has 0 spiro atoms. The maximum Gasteiger partial charge on any atom is 0.293 e. The van der Waals surface area contributed by atoms with Crippen LogP contribution in [0.4, 0.5) is 5.13 Å². The van der Waals surface area contributed by atoms with Crippen molar-refractivity contribution in [3.8, 4) is 22.1 Å². The number of aromatic nitrogens is 4. The van der Waals surface area contributed by atoms with E-state index in [1.54, 1.807) is 12.1 Å². The third kappa shape index (κ3) is 3.67. The lowest BCUT2D eigenvalue weighted by Crippen LogP contribution is -2.14. The van der Waals surface area contributed by atoms with E-state index in [2.05, 4.69) is 25.5 Å². The van der Waals surface area contributed by atoms with E-state index in [1.807, 2.05) is 6.92 Å². The van der Waals surface area contributed by atoms with Crippen molar-refractivity contribution in [1.29, 1.82) is 0 Å². The van der Waals surface area contributed by atoms with Gasteiger partial charge in [-0.05, 0) is 30.4 Å². The van der Waals surface area contributed by atoms with Gasteiger partial charge in [0.25, 0.3) is 11.1 Å². The first-order valence-electron chi connectivity index (χ1n) is 6.98. The van der Waals surface area contributed by atoms with E-state index in [0.29, 0.717) is 22.4 Å². The Kier molecular flexibility index (Phi) is 4.77. The molecule has 8 nitrogen and oxygen atoms in total. The van der Waals surface area contributed by atoms with E-state index in [9.17, 15) is 9.90 Å². The molecule has 0 fully saturated rings. The Balaban J connectivity index is 2.07. The van der Waals surface area contributed by atoms with Crippen molar-refractivity contribution < 1.29 is 14.6 Å². The molecular formula is C15H12ClN5O3S. The van der Waals surface area contributed by atoms with Gasteiger partial charge in [-0.1, -0.05) is 16.7 Å². The molecule has 25 heavy (non-hydrogen) atoms. The minimum Gasteiger partial charge on any atom is -0.494 e. The third-order valence-corrected chi connectivity index (χ3v) is 4.11. The molecule has 3 heterocycles. The van der Waals surface area contributed by atoms with E-state index in [-0.39, 0.29) is 15.5 Å². The Morgan fingerprint density at radius 2 is 2.04 bits per heavy atom. The van der Waals surface area contributed by atoms with Crippen LogP contribution < -0.4 is 10.1 Å². The number of hydrogen-bond acceptors (Lipinski definition) is 8. The second-order valence-electron chi connectivity index (χ2n) is 4.92. The van der Waals surface area contributed by atoms with Crippen LogP contribution >= 0.6 is 22.9 Å². The zero-order valence-corrected chi connectivity index (χ0v) is 14.7. The van der Waals surface area contributed by atoms with Gasteiger partial charge in [-0.25, -0.2) is 4.98 Å². The second kappa shape index (κ2) is 6.99. The number of halogens is 1. The van der Waals surface area contributed by atoms with Crippen molar-refractivity contribution in [3.63, 3.8) is 0 Å². The predicted molar refractivity (Wildman–Crippen MR) is 93.3 cm³/mol. The lowest BCUT2D eigenvalue weighted by Gasteiger charge is -2.13. The fourth-order valence-electron chi connectivity index (χ4n) is 2.18. The maximum atomic E-state index is 12.6. The van der Waals surface area contributed by atoms with Crippen LogP contribution in [-0.4, -0.2) is 38.3 Å². The topological polar surface area (TPSA) is 110 Å². The Hall–Kier alpha value is -2.78. The summed E-state index contributed by atoms with van der Waals surface area (Å²) in [5.41, 5.74) is 2.20. The van der Waals surface area contributed by atoms with Gasteiger partial charge in [0.2, 0.25) is 5.13 Å². The van der Waals surface area contributed by atoms with Crippen LogP contribution in [0.3, 0.4) is 0 Å². The van der Waals surface area contributed by atoms with E-state index < -0.39 is 5.91 Å². The summed E-state index contributed by atoms with van der Waals surface area (Å²) in [5, 5.41) is 19.1. The molecule has 0 atom stereocenters. The Labute approximate surface area is 151 Å². The van der Waals surface area contributed by atoms with Gasteiger partial charge in [0.1, 0.15) is 10.9 Å². The summed E-state index contributed by atoms with van der Waals surface area (Å²) in [6, 6.07) is 3.36. The van der Waals surface area contributed by atoms with Gasteiger partial charge < -0.3 is 9.84 Å². The molecule has 1 amide bonds. The van der Waals surface area contributed by atoms with Gasteiger partial charge in [-0.15, -0.1) is 5.10 Å². The van der Waals surface area contributed by atoms with Gasteiger partial charge >= 0.3 is 0 Å². The number of aryl methyl sites for hydroxylation is 1. The highest BCUT2D eigenvalue weighted by Gasteiger charge is 2.19. The molecule has 3 aromatic rings. The van der Waals surface area contributed by atoms with Gasteiger partial charge in [0.05, 0.1) is 18.9 Å². The molecule has 0 radical (unpaired) electrons. The Morgan fingerprint density at radius 3 is 2.72 bits per heavy atom. The molecule has 2 N–H and O–H groups in total. The van der Waals surface area contributed by atoms with Crippen LogP contribution in [-0.2, 0) is 0 Å². The number of pyridine rings is 2. The largest absolute Gasteiger partial charge is 0.494 e. The summed E-state index contributed by atoms with van der Waals surface area (Å²) < 4.78 is 5.32. The van der Waals surface area contributed by atoms with E-state index in [0.717, 1.165) is 17.0 Å². The molecule has 3 aromatic heterocycles. The van der Waals surface area contributed by atoms with Gasteiger partial charge in [0, 0.05) is 23.0 Å². The average Bonchev–Trinajstić information content (AvgIpc) is 2.99. The van der Waals surface area contributed by atoms with Crippen molar-refractivity contribution in [2.75, 3.05) is 12.4 Å². The highest BCUT2D eigenvalue weighted by molar-refractivity contribution is 7.17. The van der Waals surface area contributed by atoms with Crippen molar-refractivity contribution in [2.24, 2.45) is 0 Å². The highest BCUT2D eigenvalue weighted by atomic mass is 35.5. The number of carbonyl (C=O) groups excluding carboxylic acids is 1. The third-order valence-electron chi connectivity index (χ3n) is 3.26. The van der Waals surface area contributed by atoms with Crippen molar-refractivity contribution in [1.82, 2.24) is 20.2 Å². The number of hydrogen-bond donors (Lipinski definition) is 2. The predicted octanol–water partition coefficient (Wildman–Crippen LogP) is 2.92. The zero-order valence-electron chi connectivity index (χ0n) is 13.1. The van der Waals surface area contributed by atoms with Crippen LogP contribution in [0.15, 0.2) is 24.5 Å². The van der Waals surface area contributed by atoms with Crippen molar-refractivity contribution >= 4 is 34.0 Å². The monoisotopic (exact) mass is 377 g/mol. The smallest absolute Gasteiger partial charge is 0.293 e. The molecular weight excluding hydrogens is 366 g/mol. The normalized spacial score (nSPS) is 10.5. The summed E-state index contributed by atoms with van der Waals surface area (Å²) in [6.07, 6.45) is 2.94. The van der Waals surface area contributed by atoms with Crippen LogP contribution in [0.5, 0.6) is 10.9 Å². The molecule has 3 rings (SSSR count). The minimum atomic E-state index is -0.450. The SMILES string of the molecule is COc1cnc(Cl)cc1-c1cc(C)ncc1C(=O)Nc1nnc(O)s1. The van der Waals surface area contributed by atoms with E-state index in [1.165, 1.54) is 19.5 Å². The first kappa shape index (κ1) is 17.1. The molecule has 0 aliphatic rings. The number of nitrogens with one attached hydrogen (secondary N) is 1. The van der Waals surface area contributed by atoms with Gasteiger partial charge in [-0.2, -0.15) is 0 Å². The molecule has 10 heteroatoms. The fraction of sp³-hybridized carbons (Fsp3) is 0.133. The number of nitrogens with zero attached hydrogens (tertiary/aromatic N) is 4. The second-order valence-corrected chi connectivity index (χ2v) is 6.27. The van der Waals surface area contributed by atoms with Crippen LogP contribution in [0.1, 0.15) is 16.1 Å². The minimum absolute atomic E-state index is 0.175. The quantitative estimate of drug-likeness (QED) is 0.672. The van der Waals surface area contributed by atoms with E-state index >= 15 is 0 Å². The highest BCUT2D eigenvalue weighted by Crippen LogP contribution is 2.34. The van der Waals surface area contributed by atoms with Crippen LogP contribution in [0.25, 0.3) is 11.1 Å². The lowest BCUT2D eigenvalue weighted by atomic mass is 10.0. The first-order chi connectivity index (χ1) is 12.0. The number of methoxy groups -OCH3 is 1. The Bertz CT molecular complexity index is 947. The number of rotatable bonds is 4. The summed E-state index contributed by atoms with van der Waals surface area (Å²) in [4.78, 5) is 20.8. The number of amides is 1. The lowest BCUT2D eigenvalue weighted by molar-refractivity contribution is 0.102. The summed E-state index contributed by atoms with van der Waals surface area (Å²) in [6.45, 7) is 1.81. The number of anilines is 1. The van der Waals surface area contributed by atoms with E-state index in [4.69, 9.17) is 16.3 Å². The first-order valence-corrected chi connectivity index (χ1v) is 8.17. The molecule has 0 aromatic carbocycles. The Morgan fingerprint density at radius 1 is 1.24 bits per heavy atom. The molecule has 128 valence electrons. The standard InChI is InChI=1S/C15H12ClN5O3S/c1-7-3-8(9-4-12(16)18-6-11(9)24-2)10(5-17-7)13(22)19-14-20-21-15(23)25-14/h3-6H,1-2H3,(H,21,23)(H,19,20,22). The van der Waals surface area contributed by atoms with Crippen LogP contribution in [0, 0.1) is 6.92 Å². The number of carbonyl (C=O) groups is 1. The van der Waals surface area contributed by atoms with Crippen LogP contribution in [0.2, 0.25) is 5.15 Å². The number of aromatic hydroxyl groups is 1.